The first-order chi connectivity index (χ1) is 6.15. The monoisotopic (exact) mass is 193 g/mol. The minimum atomic E-state index is -0.570. The van der Waals surface area contributed by atoms with Crippen LogP contribution in [0.1, 0.15) is 15.9 Å². The smallest absolute Gasteiger partial charge is 0.249 e. The standard InChI is InChI=1S/C8H7N3OS/c1-5-4-6(2-3-7(5)13)8(12)10-11-9/h2-4,13H,1H3. The molecule has 4 nitrogen and oxygen atoms in total. The molecule has 0 unspecified atom stereocenters. The molecular formula is C8H7N3OS. The zero-order chi connectivity index (χ0) is 9.84. The van der Waals surface area contributed by atoms with Gasteiger partial charge in [-0.2, -0.15) is 0 Å². The van der Waals surface area contributed by atoms with Gasteiger partial charge in [0, 0.05) is 15.4 Å². The molecule has 0 spiro atoms. The van der Waals surface area contributed by atoms with E-state index in [-0.39, 0.29) is 0 Å². The maximum Gasteiger partial charge on any atom is 0.249 e. The number of amides is 1. The van der Waals surface area contributed by atoms with E-state index in [4.69, 9.17) is 5.53 Å². The fraction of sp³-hybridized carbons (Fsp3) is 0.125. The van der Waals surface area contributed by atoms with Gasteiger partial charge in [0.25, 0.3) is 0 Å². The quantitative estimate of drug-likeness (QED) is 0.317. The summed E-state index contributed by atoms with van der Waals surface area (Å²) in [5.41, 5.74) is 9.30. The summed E-state index contributed by atoms with van der Waals surface area (Å²) in [4.78, 5) is 14.3. The van der Waals surface area contributed by atoms with Gasteiger partial charge in [0.1, 0.15) is 0 Å². The van der Waals surface area contributed by atoms with Crippen molar-refractivity contribution in [3.05, 3.63) is 39.8 Å². The summed E-state index contributed by atoms with van der Waals surface area (Å²) in [5.74, 6) is -0.570. The summed E-state index contributed by atoms with van der Waals surface area (Å²) in [6.07, 6.45) is 0. The molecule has 1 aromatic rings. The Labute approximate surface area is 80.6 Å². The molecule has 0 radical (unpaired) electrons. The molecule has 5 heteroatoms. The molecule has 1 amide bonds. The summed E-state index contributed by atoms with van der Waals surface area (Å²) in [5, 5.41) is 2.98. The molecule has 0 heterocycles. The Kier molecular flexibility index (Phi) is 2.95. The predicted octanol–water partition coefficient (Wildman–Crippen LogP) is 2.73. The van der Waals surface area contributed by atoms with Gasteiger partial charge in [-0.15, -0.1) is 12.6 Å². The van der Waals surface area contributed by atoms with E-state index in [0.717, 1.165) is 10.5 Å². The highest BCUT2D eigenvalue weighted by Gasteiger charge is 2.03. The van der Waals surface area contributed by atoms with E-state index >= 15 is 0 Å². The van der Waals surface area contributed by atoms with Gasteiger partial charge in [-0.1, -0.05) is 6.07 Å². The number of hydrogen-bond donors (Lipinski definition) is 1. The Hall–Kier alpha value is -1.45. The maximum absolute atomic E-state index is 11.1. The molecule has 0 saturated heterocycles. The van der Waals surface area contributed by atoms with E-state index in [0.29, 0.717) is 5.56 Å². The van der Waals surface area contributed by atoms with Crippen LogP contribution in [0.3, 0.4) is 0 Å². The second-order valence-electron chi connectivity index (χ2n) is 2.50. The largest absolute Gasteiger partial charge is 0.287 e. The molecule has 1 aromatic carbocycles. The average molecular weight is 193 g/mol. The zero-order valence-corrected chi connectivity index (χ0v) is 7.82. The molecule has 0 saturated carbocycles. The van der Waals surface area contributed by atoms with Crippen molar-refractivity contribution in [2.24, 2.45) is 5.11 Å². The zero-order valence-electron chi connectivity index (χ0n) is 6.93. The normalized spacial score (nSPS) is 9.08. The number of azide groups is 1. The second-order valence-corrected chi connectivity index (χ2v) is 2.98. The van der Waals surface area contributed by atoms with Gasteiger partial charge < -0.3 is 0 Å². The predicted molar refractivity (Wildman–Crippen MR) is 51.9 cm³/mol. The minimum Gasteiger partial charge on any atom is -0.287 e. The minimum absolute atomic E-state index is 0.383. The molecule has 0 atom stereocenters. The van der Waals surface area contributed by atoms with Gasteiger partial charge >= 0.3 is 0 Å². The first-order valence-corrected chi connectivity index (χ1v) is 3.99. The summed E-state index contributed by atoms with van der Waals surface area (Å²) in [6, 6.07) is 4.91. The maximum atomic E-state index is 11.1. The lowest BCUT2D eigenvalue weighted by Crippen LogP contribution is -1.93. The molecule has 66 valence electrons. The number of hydrogen-bond acceptors (Lipinski definition) is 2. The van der Waals surface area contributed by atoms with E-state index in [1.54, 1.807) is 18.2 Å². The van der Waals surface area contributed by atoms with Gasteiger partial charge in [0.05, 0.1) is 0 Å². The number of carbonyl (C=O) groups is 1. The highest BCUT2D eigenvalue weighted by atomic mass is 32.1. The van der Waals surface area contributed by atoms with Crippen molar-refractivity contribution in [2.75, 3.05) is 0 Å². The van der Waals surface area contributed by atoms with E-state index in [9.17, 15) is 4.79 Å². The number of carbonyl (C=O) groups excluding carboxylic acids is 1. The second kappa shape index (κ2) is 3.98. The molecule has 0 N–H and O–H groups in total. The Morgan fingerprint density at radius 1 is 1.62 bits per heavy atom. The Balaban J connectivity index is 3.10. The third-order valence-electron chi connectivity index (χ3n) is 1.58. The van der Waals surface area contributed by atoms with Gasteiger partial charge in [-0.25, -0.2) is 0 Å². The molecule has 0 aliphatic heterocycles. The topological polar surface area (TPSA) is 65.8 Å². The van der Waals surface area contributed by atoms with Crippen molar-refractivity contribution in [2.45, 2.75) is 11.8 Å². The number of nitrogens with zero attached hydrogens (tertiary/aromatic N) is 3. The van der Waals surface area contributed by atoms with Crippen LogP contribution in [-0.4, -0.2) is 5.91 Å². The van der Waals surface area contributed by atoms with Gasteiger partial charge in [-0.05, 0) is 35.3 Å². The number of rotatable bonds is 1. The molecule has 0 aliphatic rings. The third-order valence-corrected chi connectivity index (χ3v) is 2.08. The third kappa shape index (κ3) is 2.24. The van der Waals surface area contributed by atoms with E-state index in [2.05, 4.69) is 22.7 Å². The lowest BCUT2D eigenvalue weighted by molar-refractivity contribution is 0.1000. The number of aryl methyl sites for hydroxylation is 1. The lowest BCUT2D eigenvalue weighted by Gasteiger charge is -1.99. The summed E-state index contributed by atoms with van der Waals surface area (Å²) in [6.45, 7) is 1.83. The fourth-order valence-corrected chi connectivity index (χ4v) is 1.03. The van der Waals surface area contributed by atoms with Crippen molar-refractivity contribution < 1.29 is 4.79 Å². The summed E-state index contributed by atoms with van der Waals surface area (Å²) < 4.78 is 0. The van der Waals surface area contributed by atoms with Crippen molar-refractivity contribution in [3.63, 3.8) is 0 Å². The molecule has 0 fully saturated rings. The lowest BCUT2D eigenvalue weighted by atomic mass is 10.1. The van der Waals surface area contributed by atoms with Crippen LogP contribution >= 0.6 is 12.6 Å². The average Bonchev–Trinajstić information content (AvgIpc) is 2.10. The Bertz CT molecular complexity index is 396. The van der Waals surface area contributed by atoms with Crippen LogP contribution in [0.2, 0.25) is 0 Å². The van der Waals surface area contributed by atoms with Gasteiger partial charge in [0.15, 0.2) is 0 Å². The SMILES string of the molecule is Cc1cc(C(=O)N=[N+]=[N-])ccc1S. The highest BCUT2D eigenvalue weighted by Crippen LogP contribution is 2.15. The van der Waals surface area contributed by atoms with E-state index in [1.165, 1.54) is 0 Å². The van der Waals surface area contributed by atoms with Crippen molar-refractivity contribution in [1.29, 1.82) is 0 Å². The van der Waals surface area contributed by atoms with Crippen LogP contribution in [0.5, 0.6) is 0 Å². The van der Waals surface area contributed by atoms with Crippen LogP contribution in [0.15, 0.2) is 28.2 Å². The molecule has 0 aliphatic carbocycles. The fourth-order valence-electron chi connectivity index (χ4n) is 0.887. The van der Waals surface area contributed by atoms with Crippen molar-refractivity contribution in [3.8, 4) is 0 Å². The molecule has 1 rings (SSSR count). The Morgan fingerprint density at radius 2 is 2.31 bits per heavy atom. The van der Waals surface area contributed by atoms with Crippen LogP contribution in [0, 0.1) is 6.92 Å². The van der Waals surface area contributed by atoms with Gasteiger partial charge in [-0.3, -0.25) is 4.79 Å². The molecule has 0 bridgehead atoms. The van der Waals surface area contributed by atoms with Crippen LogP contribution in [0.4, 0.5) is 0 Å². The molecule has 13 heavy (non-hydrogen) atoms. The van der Waals surface area contributed by atoms with E-state index in [1.807, 2.05) is 6.92 Å². The molecule has 0 aromatic heterocycles. The van der Waals surface area contributed by atoms with Crippen LogP contribution in [0.25, 0.3) is 10.4 Å². The van der Waals surface area contributed by atoms with Crippen molar-refractivity contribution >= 4 is 18.5 Å². The number of benzene rings is 1. The van der Waals surface area contributed by atoms with Crippen LogP contribution in [-0.2, 0) is 0 Å². The first kappa shape index (κ1) is 9.64. The summed E-state index contributed by atoms with van der Waals surface area (Å²) in [7, 11) is 0. The van der Waals surface area contributed by atoms with Crippen LogP contribution < -0.4 is 0 Å². The Morgan fingerprint density at radius 3 is 2.85 bits per heavy atom. The molecular weight excluding hydrogens is 186 g/mol. The van der Waals surface area contributed by atoms with Crippen molar-refractivity contribution in [1.82, 2.24) is 0 Å². The van der Waals surface area contributed by atoms with E-state index < -0.39 is 5.91 Å². The first-order valence-electron chi connectivity index (χ1n) is 3.54. The highest BCUT2D eigenvalue weighted by molar-refractivity contribution is 7.80. The summed E-state index contributed by atoms with van der Waals surface area (Å²) >= 11 is 4.15. The van der Waals surface area contributed by atoms with Gasteiger partial charge in [0.2, 0.25) is 5.91 Å². The number of thiol groups is 1.